The Balaban J connectivity index is 2.19. The summed E-state index contributed by atoms with van der Waals surface area (Å²) in [7, 11) is 0. The summed E-state index contributed by atoms with van der Waals surface area (Å²) in [6, 6.07) is 1.73. The van der Waals surface area contributed by atoms with Gasteiger partial charge in [0.25, 0.3) is 0 Å². The maximum absolute atomic E-state index is 4.61. The van der Waals surface area contributed by atoms with E-state index in [1.807, 2.05) is 11.3 Å². The molecule has 2 rings (SSSR count). The predicted molar refractivity (Wildman–Crippen MR) is 87.4 cm³/mol. The van der Waals surface area contributed by atoms with Gasteiger partial charge in [-0.05, 0) is 33.1 Å². The molecule has 114 valence electrons. The third kappa shape index (κ3) is 3.23. The molecular formula is C16H29N3S. The number of aromatic nitrogens is 1. The molecule has 0 amide bonds. The fraction of sp³-hybridized carbons (Fsp3) is 0.812. The molecule has 1 saturated heterocycles. The molecule has 1 aromatic rings. The van der Waals surface area contributed by atoms with Gasteiger partial charge in [0.15, 0.2) is 0 Å². The first-order valence-electron chi connectivity index (χ1n) is 7.87. The summed E-state index contributed by atoms with van der Waals surface area (Å²) in [5, 5.41) is 4.91. The van der Waals surface area contributed by atoms with Crippen LogP contribution in [0.2, 0.25) is 0 Å². The lowest BCUT2D eigenvalue weighted by Gasteiger charge is -2.44. The van der Waals surface area contributed by atoms with Crippen LogP contribution in [0.3, 0.4) is 0 Å². The van der Waals surface area contributed by atoms with Crippen LogP contribution < -0.4 is 5.32 Å². The van der Waals surface area contributed by atoms with E-state index in [2.05, 4.69) is 56.7 Å². The number of nitrogens with one attached hydrogen (secondary N) is 1. The third-order valence-electron chi connectivity index (χ3n) is 4.58. The summed E-state index contributed by atoms with van der Waals surface area (Å²) in [4.78, 5) is 8.75. The van der Waals surface area contributed by atoms with Crippen molar-refractivity contribution in [1.29, 1.82) is 0 Å². The van der Waals surface area contributed by atoms with Crippen LogP contribution in [0.25, 0.3) is 0 Å². The van der Waals surface area contributed by atoms with E-state index < -0.39 is 0 Å². The van der Waals surface area contributed by atoms with Gasteiger partial charge in [0.05, 0.1) is 10.7 Å². The average Bonchev–Trinajstić information content (AvgIpc) is 2.76. The summed E-state index contributed by atoms with van der Waals surface area (Å²) >= 11 is 1.87. The highest BCUT2D eigenvalue weighted by Crippen LogP contribution is 2.32. The van der Waals surface area contributed by atoms with Gasteiger partial charge < -0.3 is 5.32 Å². The second-order valence-corrected chi connectivity index (χ2v) is 7.61. The van der Waals surface area contributed by atoms with E-state index >= 15 is 0 Å². The first kappa shape index (κ1) is 15.9. The number of hydrogen-bond donors (Lipinski definition) is 1. The zero-order valence-electron chi connectivity index (χ0n) is 13.7. The van der Waals surface area contributed by atoms with E-state index in [0.717, 1.165) is 13.1 Å². The zero-order chi connectivity index (χ0) is 14.9. The number of rotatable bonds is 4. The smallest absolute Gasteiger partial charge is 0.0900 e. The first-order valence-corrected chi connectivity index (χ1v) is 8.68. The quantitative estimate of drug-likeness (QED) is 0.921. The minimum absolute atomic E-state index is 0.481. The SMILES string of the molecule is CCC1CNC(C(C)C)CN1C(C)c1sc(C)nc1C. The fourth-order valence-corrected chi connectivity index (χ4v) is 4.23. The van der Waals surface area contributed by atoms with Gasteiger partial charge in [-0.1, -0.05) is 20.8 Å². The molecule has 1 aliphatic rings. The van der Waals surface area contributed by atoms with Crippen LogP contribution in [0.1, 0.15) is 55.7 Å². The highest BCUT2D eigenvalue weighted by Gasteiger charge is 2.33. The summed E-state index contributed by atoms with van der Waals surface area (Å²) in [5.41, 5.74) is 1.22. The molecule has 0 saturated carbocycles. The predicted octanol–water partition coefficient (Wildman–Crippen LogP) is 3.53. The average molecular weight is 295 g/mol. The fourth-order valence-electron chi connectivity index (χ4n) is 3.23. The van der Waals surface area contributed by atoms with Crippen molar-refractivity contribution in [3.8, 4) is 0 Å². The van der Waals surface area contributed by atoms with Gasteiger partial charge in [-0.2, -0.15) is 0 Å². The standard InChI is InChI=1S/C16H29N3S/c1-7-14-8-17-15(10(2)3)9-19(14)12(5)16-11(4)18-13(6)20-16/h10,12,14-15,17H,7-9H2,1-6H3. The largest absolute Gasteiger partial charge is 0.311 e. The minimum Gasteiger partial charge on any atom is -0.311 e. The van der Waals surface area contributed by atoms with E-state index in [9.17, 15) is 0 Å². The normalized spacial score (nSPS) is 26.1. The third-order valence-corrected chi connectivity index (χ3v) is 5.83. The summed E-state index contributed by atoms with van der Waals surface area (Å²) in [5.74, 6) is 0.687. The number of nitrogens with zero attached hydrogens (tertiary/aromatic N) is 2. The molecule has 0 aromatic carbocycles. The van der Waals surface area contributed by atoms with E-state index in [1.54, 1.807) is 0 Å². The lowest BCUT2D eigenvalue weighted by atomic mass is 9.96. The van der Waals surface area contributed by atoms with Gasteiger partial charge in [-0.25, -0.2) is 4.98 Å². The maximum atomic E-state index is 4.61. The van der Waals surface area contributed by atoms with Crippen molar-refractivity contribution in [1.82, 2.24) is 15.2 Å². The molecule has 0 bridgehead atoms. The van der Waals surface area contributed by atoms with Crippen molar-refractivity contribution in [3.05, 3.63) is 15.6 Å². The van der Waals surface area contributed by atoms with Gasteiger partial charge in [0.2, 0.25) is 0 Å². The Morgan fingerprint density at radius 3 is 2.55 bits per heavy atom. The Bertz CT molecular complexity index is 441. The molecule has 1 N–H and O–H groups in total. The Labute approximate surface area is 127 Å². The van der Waals surface area contributed by atoms with Crippen LogP contribution in [0, 0.1) is 19.8 Å². The number of aryl methyl sites for hydroxylation is 2. The van der Waals surface area contributed by atoms with Gasteiger partial charge in [0.1, 0.15) is 0 Å². The van der Waals surface area contributed by atoms with Crippen LogP contribution in [-0.2, 0) is 0 Å². The van der Waals surface area contributed by atoms with Crippen molar-refractivity contribution in [2.45, 2.75) is 66.1 Å². The van der Waals surface area contributed by atoms with Crippen molar-refractivity contribution >= 4 is 11.3 Å². The Morgan fingerprint density at radius 1 is 1.35 bits per heavy atom. The molecule has 0 radical (unpaired) electrons. The second-order valence-electron chi connectivity index (χ2n) is 6.38. The maximum Gasteiger partial charge on any atom is 0.0900 e. The van der Waals surface area contributed by atoms with Crippen LogP contribution in [0.4, 0.5) is 0 Å². The molecule has 20 heavy (non-hydrogen) atoms. The lowest BCUT2D eigenvalue weighted by Crippen LogP contribution is -2.58. The Kier molecular flexibility index (Phi) is 5.21. The molecule has 0 spiro atoms. The van der Waals surface area contributed by atoms with E-state index in [0.29, 0.717) is 24.0 Å². The Hall–Kier alpha value is -0.450. The minimum atomic E-state index is 0.481. The lowest BCUT2D eigenvalue weighted by molar-refractivity contribution is 0.0747. The van der Waals surface area contributed by atoms with Gasteiger partial charge in [-0.15, -0.1) is 11.3 Å². The second kappa shape index (κ2) is 6.54. The number of hydrogen-bond acceptors (Lipinski definition) is 4. The van der Waals surface area contributed by atoms with Crippen LogP contribution in [0.15, 0.2) is 0 Å². The van der Waals surface area contributed by atoms with E-state index in [-0.39, 0.29) is 0 Å². The molecule has 1 aromatic heterocycles. The topological polar surface area (TPSA) is 28.2 Å². The van der Waals surface area contributed by atoms with E-state index in [4.69, 9.17) is 0 Å². The van der Waals surface area contributed by atoms with Crippen molar-refractivity contribution in [2.75, 3.05) is 13.1 Å². The van der Waals surface area contributed by atoms with E-state index in [1.165, 1.54) is 22.0 Å². The van der Waals surface area contributed by atoms with Crippen LogP contribution >= 0.6 is 11.3 Å². The summed E-state index contributed by atoms with van der Waals surface area (Å²) in [6.45, 7) is 15.8. The van der Waals surface area contributed by atoms with Crippen LogP contribution in [-0.4, -0.2) is 35.1 Å². The zero-order valence-corrected chi connectivity index (χ0v) is 14.5. The Morgan fingerprint density at radius 2 is 2.05 bits per heavy atom. The number of thiazole rings is 1. The highest BCUT2D eigenvalue weighted by atomic mass is 32.1. The van der Waals surface area contributed by atoms with Crippen molar-refractivity contribution in [2.24, 2.45) is 5.92 Å². The molecule has 0 aliphatic carbocycles. The molecule has 1 fully saturated rings. The molecule has 2 heterocycles. The molecule has 1 aliphatic heterocycles. The molecule has 3 unspecified atom stereocenters. The first-order chi connectivity index (χ1) is 9.43. The van der Waals surface area contributed by atoms with Crippen LogP contribution in [0.5, 0.6) is 0 Å². The van der Waals surface area contributed by atoms with Crippen molar-refractivity contribution < 1.29 is 0 Å². The molecule has 3 nitrogen and oxygen atoms in total. The summed E-state index contributed by atoms with van der Waals surface area (Å²) in [6.07, 6.45) is 1.21. The monoisotopic (exact) mass is 295 g/mol. The van der Waals surface area contributed by atoms with Gasteiger partial charge in [-0.3, -0.25) is 4.90 Å². The van der Waals surface area contributed by atoms with Gasteiger partial charge in [0, 0.05) is 36.1 Å². The van der Waals surface area contributed by atoms with Crippen molar-refractivity contribution in [3.63, 3.8) is 0 Å². The molecule has 4 heteroatoms. The number of piperazine rings is 1. The highest BCUT2D eigenvalue weighted by molar-refractivity contribution is 7.11. The van der Waals surface area contributed by atoms with Gasteiger partial charge >= 0.3 is 0 Å². The summed E-state index contributed by atoms with van der Waals surface area (Å²) < 4.78 is 0. The molecular weight excluding hydrogens is 266 g/mol. The molecule has 3 atom stereocenters.